The van der Waals surface area contributed by atoms with Crippen molar-refractivity contribution in [3.63, 3.8) is 0 Å². The van der Waals surface area contributed by atoms with Gasteiger partial charge in [0.25, 0.3) is 0 Å². The molecule has 0 spiro atoms. The van der Waals surface area contributed by atoms with Gasteiger partial charge in [-0.2, -0.15) is 0 Å². The highest BCUT2D eigenvalue weighted by Crippen LogP contribution is 2.40. The van der Waals surface area contributed by atoms with Crippen LogP contribution in [0.4, 0.5) is 0 Å². The first-order chi connectivity index (χ1) is 7.85. The Kier molecular flexibility index (Phi) is 4.36. The molecule has 0 aliphatic heterocycles. The monoisotopic (exact) mass is 238 g/mol. The summed E-state index contributed by atoms with van der Waals surface area (Å²) in [7, 11) is 0. The lowest BCUT2D eigenvalue weighted by molar-refractivity contribution is 0.278. The van der Waals surface area contributed by atoms with Gasteiger partial charge in [-0.15, -0.1) is 11.3 Å². The van der Waals surface area contributed by atoms with E-state index in [0.717, 1.165) is 6.54 Å². The second-order valence-electron chi connectivity index (χ2n) is 4.99. The first-order valence-electron chi connectivity index (χ1n) is 6.44. The van der Waals surface area contributed by atoms with E-state index in [1.807, 2.05) is 17.5 Å². The summed E-state index contributed by atoms with van der Waals surface area (Å²) in [6.07, 6.45) is 9.90. The molecule has 1 aromatic heterocycles. The van der Waals surface area contributed by atoms with Crippen molar-refractivity contribution in [2.75, 3.05) is 13.1 Å². The maximum Gasteiger partial charge on any atom is 0.0930 e. The van der Waals surface area contributed by atoms with Crippen LogP contribution in [-0.4, -0.2) is 18.1 Å². The maximum atomic E-state index is 4.44. The predicted molar refractivity (Wildman–Crippen MR) is 69.9 cm³/mol. The third-order valence-corrected chi connectivity index (χ3v) is 4.38. The molecule has 0 amide bonds. The number of nitrogens with zero attached hydrogens (tertiary/aromatic N) is 1. The molecule has 0 radical (unpaired) electrons. The van der Waals surface area contributed by atoms with Crippen molar-refractivity contribution in [3.05, 3.63) is 16.6 Å². The van der Waals surface area contributed by atoms with E-state index >= 15 is 0 Å². The van der Waals surface area contributed by atoms with Crippen LogP contribution in [-0.2, 0) is 6.42 Å². The molecule has 90 valence electrons. The smallest absolute Gasteiger partial charge is 0.0930 e. The summed E-state index contributed by atoms with van der Waals surface area (Å²) in [5.74, 6) is 0. The molecule has 1 N–H and O–H groups in total. The Bertz CT molecular complexity index is 289. The molecule has 0 aromatic carbocycles. The highest BCUT2D eigenvalue weighted by molar-refractivity contribution is 7.09. The van der Waals surface area contributed by atoms with Gasteiger partial charge in [0.05, 0.1) is 5.01 Å². The standard InChI is InChI=1S/C13H22N2S/c1-2-7-14-11-13(5-3-4-6-13)10-12-15-8-9-16-12/h8-9,14H,2-7,10-11H2,1H3. The Morgan fingerprint density at radius 1 is 1.44 bits per heavy atom. The summed E-state index contributed by atoms with van der Waals surface area (Å²) >= 11 is 1.81. The van der Waals surface area contributed by atoms with E-state index in [9.17, 15) is 0 Å². The van der Waals surface area contributed by atoms with Gasteiger partial charge in [0.15, 0.2) is 0 Å². The molecule has 16 heavy (non-hydrogen) atoms. The summed E-state index contributed by atoms with van der Waals surface area (Å²) in [4.78, 5) is 4.44. The lowest BCUT2D eigenvalue weighted by Gasteiger charge is -2.28. The molecule has 0 saturated heterocycles. The molecule has 0 atom stereocenters. The van der Waals surface area contributed by atoms with E-state index in [1.54, 1.807) is 0 Å². The van der Waals surface area contributed by atoms with Gasteiger partial charge in [0, 0.05) is 24.5 Å². The van der Waals surface area contributed by atoms with Crippen molar-refractivity contribution < 1.29 is 0 Å². The fourth-order valence-corrected chi connectivity index (χ4v) is 3.52. The van der Waals surface area contributed by atoms with E-state index in [-0.39, 0.29) is 0 Å². The molecule has 1 aliphatic rings. The maximum absolute atomic E-state index is 4.44. The van der Waals surface area contributed by atoms with Gasteiger partial charge in [0.2, 0.25) is 0 Å². The van der Waals surface area contributed by atoms with Crippen molar-refractivity contribution in [2.24, 2.45) is 5.41 Å². The molecule has 1 heterocycles. The number of aromatic nitrogens is 1. The summed E-state index contributed by atoms with van der Waals surface area (Å²) < 4.78 is 0. The van der Waals surface area contributed by atoms with E-state index in [0.29, 0.717) is 5.41 Å². The Morgan fingerprint density at radius 3 is 2.88 bits per heavy atom. The summed E-state index contributed by atoms with van der Waals surface area (Å²) in [6, 6.07) is 0. The molecule has 0 unspecified atom stereocenters. The lowest BCUT2D eigenvalue weighted by Crippen LogP contribution is -2.34. The second kappa shape index (κ2) is 5.78. The van der Waals surface area contributed by atoms with Crippen molar-refractivity contribution in [2.45, 2.75) is 45.4 Å². The van der Waals surface area contributed by atoms with E-state index in [1.165, 1.54) is 50.1 Å². The first kappa shape index (κ1) is 12.1. The molecular formula is C13H22N2S. The molecular weight excluding hydrogens is 216 g/mol. The number of hydrogen-bond acceptors (Lipinski definition) is 3. The van der Waals surface area contributed by atoms with E-state index in [4.69, 9.17) is 0 Å². The third kappa shape index (κ3) is 3.05. The first-order valence-corrected chi connectivity index (χ1v) is 7.32. The highest BCUT2D eigenvalue weighted by atomic mass is 32.1. The van der Waals surface area contributed by atoms with Gasteiger partial charge in [-0.1, -0.05) is 19.8 Å². The quantitative estimate of drug-likeness (QED) is 0.770. The average Bonchev–Trinajstić information content (AvgIpc) is 2.91. The van der Waals surface area contributed by atoms with E-state index in [2.05, 4.69) is 22.6 Å². The van der Waals surface area contributed by atoms with Crippen LogP contribution in [0.3, 0.4) is 0 Å². The van der Waals surface area contributed by atoms with Gasteiger partial charge < -0.3 is 5.32 Å². The van der Waals surface area contributed by atoms with Crippen molar-refractivity contribution >= 4 is 11.3 Å². The zero-order valence-electron chi connectivity index (χ0n) is 10.2. The molecule has 2 nitrogen and oxygen atoms in total. The third-order valence-electron chi connectivity index (χ3n) is 3.60. The SMILES string of the molecule is CCCNCC1(Cc2nccs2)CCCC1. The minimum atomic E-state index is 0.507. The summed E-state index contributed by atoms with van der Waals surface area (Å²) in [5.41, 5.74) is 0.507. The topological polar surface area (TPSA) is 24.9 Å². The van der Waals surface area contributed by atoms with Crippen molar-refractivity contribution in [1.82, 2.24) is 10.3 Å². The Labute approximate surface area is 102 Å². The van der Waals surface area contributed by atoms with Crippen LogP contribution in [0.2, 0.25) is 0 Å². The van der Waals surface area contributed by atoms with Crippen LogP contribution in [0, 0.1) is 5.41 Å². The zero-order chi connectivity index (χ0) is 11.3. The van der Waals surface area contributed by atoms with Crippen molar-refractivity contribution in [1.29, 1.82) is 0 Å². The van der Waals surface area contributed by atoms with Gasteiger partial charge in [0.1, 0.15) is 0 Å². The Hall–Kier alpha value is -0.410. The fourth-order valence-electron chi connectivity index (χ4n) is 2.73. The minimum Gasteiger partial charge on any atom is -0.316 e. The minimum absolute atomic E-state index is 0.507. The number of rotatable bonds is 6. The highest BCUT2D eigenvalue weighted by Gasteiger charge is 2.34. The van der Waals surface area contributed by atoms with Crippen LogP contribution < -0.4 is 5.32 Å². The summed E-state index contributed by atoms with van der Waals surface area (Å²) in [5, 5.41) is 7.02. The molecule has 1 aliphatic carbocycles. The van der Waals surface area contributed by atoms with Crippen LogP contribution in [0.25, 0.3) is 0 Å². The largest absolute Gasteiger partial charge is 0.316 e. The zero-order valence-corrected chi connectivity index (χ0v) is 11.0. The van der Waals surface area contributed by atoms with Crippen molar-refractivity contribution in [3.8, 4) is 0 Å². The van der Waals surface area contributed by atoms with Gasteiger partial charge in [-0.3, -0.25) is 0 Å². The van der Waals surface area contributed by atoms with Gasteiger partial charge >= 0.3 is 0 Å². The molecule has 3 heteroatoms. The molecule has 1 aromatic rings. The molecule has 0 bridgehead atoms. The Morgan fingerprint density at radius 2 is 2.25 bits per heavy atom. The second-order valence-corrected chi connectivity index (χ2v) is 5.97. The van der Waals surface area contributed by atoms with Crippen LogP contribution >= 0.6 is 11.3 Å². The van der Waals surface area contributed by atoms with E-state index < -0.39 is 0 Å². The normalized spacial score (nSPS) is 19.1. The lowest BCUT2D eigenvalue weighted by atomic mass is 9.83. The molecule has 1 fully saturated rings. The number of thiazole rings is 1. The van der Waals surface area contributed by atoms with Gasteiger partial charge in [-0.05, 0) is 31.2 Å². The van der Waals surface area contributed by atoms with Crippen LogP contribution in [0.1, 0.15) is 44.0 Å². The van der Waals surface area contributed by atoms with Crippen LogP contribution in [0.15, 0.2) is 11.6 Å². The number of nitrogens with one attached hydrogen (secondary N) is 1. The predicted octanol–water partition coefficient (Wildman–Crippen LogP) is 3.25. The van der Waals surface area contributed by atoms with Gasteiger partial charge in [-0.25, -0.2) is 4.98 Å². The van der Waals surface area contributed by atoms with Crippen LogP contribution in [0.5, 0.6) is 0 Å². The molecule has 2 rings (SSSR count). The average molecular weight is 238 g/mol. The number of hydrogen-bond donors (Lipinski definition) is 1. The molecule has 1 saturated carbocycles. The Balaban J connectivity index is 1.92. The summed E-state index contributed by atoms with van der Waals surface area (Å²) in [6.45, 7) is 4.56. The fraction of sp³-hybridized carbons (Fsp3) is 0.769.